The Bertz CT molecular complexity index is 1360. The van der Waals surface area contributed by atoms with Gasteiger partial charge in [-0.25, -0.2) is 0 Å². The predicted octanol–water partition coefficient (Wildman–Crippen LogP) is 3.65. The Hall–Kier alpha value is -4.32. The van der Waals surface area contributed by atoms with Crippen LogP contribution in [0.15, 0.2) is 76.4 Å². The maximum Gasteiger partial charge on any atom is 0.452 e. The van der Waals surface area contributed by atoms with Crippen molar-refractivity contribution >= 4 is 48.0 Å². The third-order valence-corrected chi connectivity index (χ3v) is 6.39. The molecule has 0 bridgehead atoms. The van der Waals surface area contributed by atoms with Gasteiger partial charge in [0.2, 0.25) is 11.8 Å². The minimum absolute atomic E-state index is 0.00888. The minimum Gasteiger partial charge on any atom is -0.344 e. The Kier molecular flexibility index (Phi) is 13.3. The van der Waals surface area contributed by atoms with E-state index >= 15 is 0 Å². The smallest absolute Gasteiger partial charge is 0.344 e. The Labute approximate surface area is 252 Å². The number of alkyl halides is 3. The highest BCUT2D eigenvalue weighted by Gasteiger charge is 2.45. The van der Waals surface area contributed by atoms with Gasteiger partial charge in [-0.05, 0) is 35.9 Å². The fraction of sp³-hybridized carbons (Fsp3) is 0.333. The molecule has 43 heavy (non-hydrogen) atoms. The Morgan fingerprint density at radius 2 is 1.49 bits per heavy atom. The summed E-state index contributed by atoms with van der Waals surface area (Å²) >= 11 is 6.10. The van der Waals surface area contributed by atoms with Crippen LogP contribution in [0.5, 0.6) is 0 Å². The molecule has 2 aromatic rings. The van der Waals surface area contributed by atoms with E-state index in [1.54, 1.807) is 54.6 Å². The van der Waals surface area contributed by atoms with Crippen LogP contribution in [0.4, 0.5) is 13.2 Å². The van der Waals surface area contributed by atoms with Crippen molar-refractivity contribution in [3.63, 3.8) is 0 Å². The first-order valence-electron chi connectivity index (χ1n) is 13.2. The number of hydrogen-bond donors (Lipinski definition) is 3. The molecule has 13 heteroatoms. The molecule has 2 aromatic carbocycles. The number of rotatable bonds is 14. The topological polar surface area (TPSA) is 129 Å². The first-order valence-corrected chi connectivity index (χ1v) is 13.5. The van der Waals surface area contributed by atoms with E-state index in [1.165, 1.54) is 27.1 Å². The number of amides is 3. The van der Waals surface area contributed by atoms with Crippen LogP contribution in [0.25, 0.3) is 0 Å². The molecular formula is C30H33ClF3N5O4. The van der Waals surface area contributed by atoms with Crippen molar-refractivity contribution in [1.29, 1.82) is 0 Å². The first-order chi connectivity index (χ1) is 20.3. The molecule has 0 saturated carbocycles. The van der Waals surface area contributed by atoms with Crippen LogP contribution in [0.2, 0.25) is 5.02 Å². The second kappa shape index (κ2) is 16.4. The van der Waals surface area contributed by atoms with Gasteiger partial charge in [0.15, 0.2) is 0 Å². The van der Waals surface area contributed by atoms with Crippen molar-refractivity contribution < 1.29 is 32.3 Å². The van der Waals surface area contributed by atoms with Gasteiger partial charge in [-0.15, -0.1) is 0 Å². The summed E-state index contributed by atoms with van der Waals surface area (Å²) in [6, 6.07) is 10.4. The van der Waals surface area contributed by atoms with Crippen molar-refractivity contribution in [3.05, 3.63) is 82.5 Å². The normalized spacial score (nSPS) is 14.1. The highest BCUT2D eigenvalue weighted by Crippen LogP contribution is 2.21. The lowest BCUT2D eigenvalue weighted by Gasteiger charge is -2.27. The molecule has 0 aliphatic heterocycles. The molecule has 0 aliphatic rings. The van der Waals surface area contributed by atoms with E-state index in [9.17, 15) is 32.3 Å². The number of aliphatic imine (C=N–C) groups is 2. The van der Waals surface area contributed by atoms with Crippen molar-refractivity contribution in [3.8, 4) is 0 Å². The summed E-state index contributed by atoms with van der Waals surface area (Å²) in [4.78, 5) is 59.4. The Balaban J connectivity index is 2.44. The summed E-state index contributed by atoms with van der Waals surface area (Å²) in [6.45, 7) is 6.04. The zero-order valence-electron chi connectivity index (χ0n) is 23.8. The molecular weight excluding hydrogens is 587 g/mol. The lowest BCUT2D eigenvalue weighted by Crippen LogP contribution is -2.58. The second-order valence-electron chi connectivity index (χ2n) is 9.86. The van der Waals surface area contributed by atoms with E-state index < -0.39 is 53.7 Å². The van der Waals surface area contributed by atoms with Gasteiger partial charge in [0.1, 0.15) is 12.1 Å². The van der Waals surface area contributed by atoms with Crippen molar-refractivity contribution in [1.82, 2.24) is 16.0 Å². The summed E-state index contributed by atoms with van der Waals surface area (Å²) < 4.78 is 39.8. The van der Waals surface area contributed by atoms with Crippen LogP contribution >= 0.6 is 11.6 Å². The molecule has 0 aromatic heterocycles. The molecule has 0 fully saturated rings. The van der Waals surface area contributed by atoms with Crippen LogP contribution in [0, 0.1) is 5.92 Å². The highest BCUT2D eigenvalue weighted by atomic mass is 35.5. The van der Waals surface area contributed by atoms with E-state index in [0.717, 1.165) is 6.20 Å². The summed E-state index contributed by atoms with van der Waals surface area (Å²) in [5.74, 6) is -5.55. The molecule has 0 radical (unpaired) electrons. The van der Waals surface area contributed by atoms with Gasteiger partial charge >= 0.3 is 6.18 Å². The number of benzene rings is 2. The molecule has 0 saturated heterocycles. The van der Waals surface area contributed by atoms with E-state index in [4.69, 9.17) is 11.6 Å². The quantitative estimate of drug-likeness (QED) is 0.220. The maximum absolute atomic E-state index is 13.6. The molecule has 3 atom stereocenters. The Morgan fingerprint density at radius 3 is 2.05 bits per heavy atom. The number of ketones is 1. The molecule has 0 heterocycles. The number of carbonyl (C=O) groups is 4. The lowest BCUT2D eigenvalue weighted by atomic mass is 9.97. The number of nitrogens with one attached hydrogen (secondary N) is 3. The van der Waals surface area contributed by atoms with Gasteiger partial charge in [-0.2, -0.15) is 13.2 Å². The Morgan fingerprint density at radius 1 is 0.907 bits per heavy atom. The van der Waals surface area contributed by atoms with E-state index in [1.807, 2.05) is 0 Å². The van der Waals surface area contributed by atoms with Gasteiger partial charge in [0.25, 0.3) is 11.7 Å². The number of carbonyl (C=O) groups excluding carboxylic acids is 4. The third kappa shape index (κ3) is 11.1. The number of Topliss-reactive ketones (excluding diaryl/α,β-unsaturated/α-hetero) is 1. The molecule has 0 spiro atoms. The van der Waals surface area contributed by atoms with Crippen molar-refractivity contribution in [2.24, 2.45) is 15.9 Å². The zero-order chi connectivity index (χ0) is 32.2. The van der Waals surface area contributed by atoms with Gasteiger partial charge in [-0.1, -0.05) is 67.9 Å². The molecule has 0 unspecified atom stereocenters. The van der Waals surface area contributed by atoms with Crippen LogP contribution in [-0.2, 0) is 32.0 Å². The maximum atomic E-state index is 13.6. The monoisotopic (exact) mass is 619 g/mol. The average Bonchev–Trinajstić information content (AvgIpc) is 2.94. The fourth-order valence-electron chi connectivity index (χ4n) is 4.04. The summed E-state index contributed by atoms with van der Waals surface area (Å²) in [7, 11) is 1.43. The van der Waals surface area contributed by atoms with Crippen LogP contribution < -0.4 is 16.0 Å². The summed E-state index contributed by atoms with van der Waals surface area (Å²) in [5, 5.41) is 7.68. The first kappa shape index (κ1) is 34.9. The number of halogens is 4. The predicted molar refractivity (Wildman–Crippen MR) is 159 cm³/mol. The van der Waals surface area contributed by atoms with Crippen molar-refractivity contribution in [2.75, 3.05) is 7.05 Å². The van der Waals surface area contributed by atoms with Crippen LogP contribution in [0.3, 0.4) is 0 Å². The number of hydrogen-bond acceptors (Lipinski definition) is 6. The molecule has 3 N–H and O–H groups in total. The van der Waals surface area contributed by atoms with Crippen molar-refractivity contribution in [2.45, 2.75) is 51.0 Å². The molecule has 230 valence electrons. The zero-order valence-corrected chi connectivity index (χ0v) is 24.6. The highest BCUT2D eigenvalue weighted by molar-refractivity contribution is 6.30. The standard InChI is InChI=1S/C30H33ClF3N5O4/c1-18(2)25(26(40)30(32,33)34)39-29(43)23(14-19-9-6-5-7-10-19)38-28(42)24(15-20-11-8-12-22(31)13-20)37-27(41)21(16-35-3)17-36-4/h5-13,16-18,23-25H,3,14-15H2,1-2,4H3,(H,37,41)(H,38,42)(H,39,43)/b21-16+,36-17?/t23-,24+,25-/m0/s1. The van der Waals surface area contributed by atoms with Gasteiger partial charge in [0.05, 0.1) is 11.6 Å². The van der Waals surface area contributed by atoms with Crippen LogP contribution in [-0.4, -0.2) is 67.8 Å². The van der Waals surface area contributed by atoms with Gasteiger partial charge in [-0.3, -0.25) is 29.2 Å². The molecule has 3 amide bonds. The lowest BCUT2D eigenvalue weighted by molar-refractivity contribution is -0.175. The summed E-state index contributed by atoms with van der Waals surface area (Å²) in [5.41, 5.74) is 1.15. The second-order valence-corrected chi connectivity index (χ2v) is 10.3. The average molecular weight is 620 g/mol. The molecule has 0 aliphatic carbocycles. The van der Waals surface area contributed by atoms with E-state index in [2.05, 4.69) is 32.7 Å². The minimum atomic E-state index is -5.18. The van der Waals surface area contributed by atoms with Gasteiger partial charge < -0.3 is 16.0 Å². The molecule has 2 rings (SSSR count). The third-order valence-electron chi connectivity index (χ3n) is 6.15. The van der Waals surface area contributed by atoms with Crippen LogP contribution in [0.1, 0.15) is 25.0 Å². The van der Waals surface area contributed by atoms with E-state index in [-0.39, 0.29) is 18.4 Å². The largest absolute Gasteiger partial charge is 0.452 e. The summed E-state index contributed by atoms with van der Waals surface area (Å²) in [6.07, 6.45) is -2.99. The van der Waals surface area contributed by atoms with E-state index in [0.29, 0.717) is 16.1 Å². The number of nitrogens with zero attached hydrogens (tertiary/aromatic N) is 2. The fourth-order valence-corrected chi connectivity index (χ4v) is 4.25. The SMILES string of the molecule is C=N/C=C(\C=NC)C(=O)N[C@H](Cc1cccc(Cl)c1)C(=O)N[C@@H](Cc1ccccc1)C(=O)N[C@H](C(=O)C(F)(F)F)C(C)C. The van der Waals surface area contributed by atoms with Gasteiger partial charge in [0, 0.05) is 37.3 Å². The molecule has 9 nitrogen and oxygen atoms in total.